The predicted octanol–water partition coefficient (Wildman–Crippen LogP) is 2.65. The van der Waals surface area contributed by atoms with E-state index in [4.69, 9.17) is 9.15 Å². The Labute approximate surface area is 133 Å². The summed E-state index contributed by atoms with van der Waals surface area (Å²) in [7, 11) is 1.61. The van der Waals surface area contributed by atoms with Crippen molar-refractivity contribution in [2.24, 2.45) is 0 Å². The number of methoxy groups -OCH3 is 1. The molecule has 0 atom stereocenters. The maximum Gasteiger partial charge on any atom is 0.287 e. The predicted molar refractivity (Wildman–Crippen MR) is 85.3 cm³/mol. The zero-order valence-electron chi connectivity index (χ0n) is 12.7. The minimum atomic E-state index is -0.234. The van der Waals surface area contributed by atoms with Gasteiger partial charge in [0.05, 0.1) is 13.3 Å². The minimum Gasteiger partial charge on any atom is -0.497 e. The molecule has 0 radical (unpaired) electrons. The first-order valence-electron chi connectivity index (χ1n) is 7.26. The number of benzene rings is 1. The molecule has 0 fully saturated rings. The third-order valence-corrected chi connectivity index (χ3v) is 3.44. The number of aromatic amines is 1. The van der Waals surface area contributed by atoms with E-state index in [1.807, 2.05) is 24.3 Å². The van der Waals surface area contributed by atoms with Crippen molar-refractivity contribution in [3.63, 3.8) is 0 Å². The smallest absolute Gasteiger partial charge is 0.287 e. The van der Waals surface area contributed by atoms with E-state index in [9.17, 15) is 4.79 Å². The zero-order valence-corrected chi connectivity index (χ0v) is 12.7. The lowest BCUT2D eigenvalue weighted by molar-refractivity contribution is 0.0927. The van der Waals surface area contributed by atoms with Crippen LogP contribution in [0.4, 0.5) is 0 Å². The van der Waals surface area contributed by atoms with Gasteiger partial charge in [0.25, 0.3) is 5.91 Å². The molecule has 6 nitrogen and oxygen atoms in total. The van der Waals surface area contributed by atoms with Crippen molar-refractivity contribution in [1.29, 1.82) is 0 Å². The lowest BCUT2D eigenvalue weighted by Gasteiger charge is -2.03. The Morgan fingerprint density at radius 1 is 1.35 bits per heavy atom. The van der Waals surface area contributed by atoms with Crippen LogP contribution >= 0.6 is 0 Å². The van der Waals surface area contributed by atoms with Gasteiger partial charge in [-0.2, -0.15) is 5.10 Å². The molecular formula is C17H17N3O3. The number of nitrogens with one attached hydrogen (secondary N) is 2. The van der Waals surface area contributed by atoms with Crippen LogP contribution in [-0.4, -0.2) is 29.8 Å². The van der Waals surface area contributed by atoms with E-state index in [0.29, 0.717) is 18.7 Å². The van der Waals surface area contributed by atoms with E-state index >= 15 is 0 Å². The Balaban J connectivity index is 1.62. The summed E-state index contributed by atoms with van der Waals surface area (Å²) in [4.78, 5) is 12.1. The van der Waals surface area contributed by atoms with Gasteiger partial charge < -0.3 is 14.5 Å². The molecular weight excluding hydrogens is 294 g/mol. The van der Waals surface area contributed by atoms with Gasteiger partial charge in [0.15, 0.2) is 5.76 Å². The van der Waals surface area contributed by atoms with Crippen LogP contribution in [0.1, 0.15) is 16.1 Å². The van der Waals surface area contributed by atoms with Crippen molar-refractivity contribution in [3.05, 3.63) is 60.1 Å². The molecule has 0 aliphatic rings. The molecule has 2 aromatic heterocycles. The summed E-state index contributed by atoms with van der Waals surface area (Å²) in [5.41, 5.74) is 1.91. The Morgan fingerprint density at radius 2 is 2.26 bits per heavy atom. The number of rotatable bonds is 6. The van der Waals surface area contributed by atoms with Gasteiger partial charge in [0.1, 0.15) is 11.5 Å². The molecule has 0 saturated carbocycles. The van der Waals surface area contributed by atoms with Crippen LogP contribution in [0, 0.1) is 0 Å². The summed E-state index contributed by atoms with van der Waals surface area (Å²) in [6.07, 6.45) is 4.26. The molecule has 0 aliphatic carbocycles. The molecule has 1 amide bonds. The number of amides is 1. The Hall–Kier alpha value is -3.02. The average molecular weight is 311 g/mol. The number of furan rings is 1. The molecule has 23 heavy (non-hydrogen) atoms. The van der Waals surface area contributed by atoms with Gasteiger partial charge in [-0.1, -0.05) is 12.1 Å². The fraction of sp³-hybridized carbons (Fsp3) is 0.176. The van der Waals surface area contributed by atoms with Crippen LogP contribution in [0.25, 0.3) is 11.3 Å². The van der Waals surface area contributed by atoms with Crippen molar-refractivity contribution >= 4 is 5.91 Å². The third kappa shape index (κ3) is 3.60. The first-order valence-corrected chi connectivity index (χ1v) is 7.26. The van der Waals surface area contributed by atoms with Crippen LogP contribution in [0.2, 0.25) is 0 Å². The number of H-pyrrole nitrogens is 1. The summed E-state index contributed by atoms with van der Waals surface area (Å²) >= 11 is 0. The summed E-state index contributed by atoms with van der Waals surface area (Å²) in [5, 5.41) is 9.43. The third-order valence-electron chi connectivity index (χ3n) is 3.44. The topological polar surface area (TPSA) is 80.1 Å². The second-order valence-electron chi connectivity index (χ2n) is 5.01. The molecule has 118 valence electrons. The number of hydrogen-bond donors (Lipinski definition) is 2. The van der Waals surface area contributed by atoms with Crippen LogP contribution in [-0.2, 0) is 6.42 Å². The second-order valence-corrected chi connectivity index (χ2v) is 5.01. The number of nitrogens with zero attached hydrogens (tertiary/aromatic N) is 1. The highest BCUT2D eigenvalue weighted by Gasteiger charge is 2.12. The van der Waals surface area contributed by atoms with Crippen molar-refractivity contribution in [2.45, 2.75) is 6.42 Å². The number of aromatic nitrogens is 2. The van der Waals surface area contributed by atoms with Gasteiger partial charge in [-0.3, -0.25) is 9.89 Å². The molecule has 1 aromatic carbocycles. The lowest BCUT2D eigenvalue weighted by atomic mass is 10.2. The Bertz CT molecular complexity index is 778. The highest BCUT2D eigenvalue weighted by Crippen LogP contribution is 2.25. The number of hydrogen-bond acceptors (Lipinski definition) is 4. The normalized spacial score (nSPS) is 10.5. The van der Waals surface area contributed by atoms with E-state index in [0.717, 1.165) is 16.9 Å². The van der Waals surface area contributed by atoms with E-state index in [1.54, 1.807) is 31.6 Å². The van der Waals surface area contributed by atoms with Gasteiger partial charge in [-0.15, -0.1) is 0 Å². The Kier molecular flexibility index (Phi) is 4.42. The zero-order chi connectivity index (χ0) is 16.1. The minimum absolute atomic E-state index is 0.234. The van der Waals surface area contributed by atoms with Crippen LogP contribution in [0.15, 0.2) is 53.2 Å². The molecule has 0 bridgehead atoms. The lowest BCUT2D eigenvalue weighted by Crippen LogP contribution is -2.25. The highest BCUT2D eigenvalue weighted by atomic mass is 16.5. The van der Waals surface area contributed by atoms with Crippen LogP contribution in [0.3, 0.4) is 0 Å². The fourth-order valence-corrected chi connectivity index (χ4v) is 2.21. The standard InChI is InChI=1S/C17H17N3O3/c1-22-14-4-2-3-13(9-14)15-5-6-16(23-15)17(21)18-8-7-12-10-19-20-11-12/h2-6,9-11H,7-8H2,1H3,(H,18,21)(H,19,20). The summed E-state index contributed by atoms with van der Waals surface area (Å²) in [6, 6.07) is 10.9. The quantitative estimate of drug-likeness (QED) is 0.733. The SMILES string of the molecule is COc1cccc(-c2ccc(C(=O)NCCc3cn[nH]c3)o2)c1. The van der Waals surface area contributed by atoms with Gasteiger partial charge in [-0.05, 0) is 36.2 Å². The van der Waals surface area contributed by atoms with E-state index in [1.165, 1.54) is 0 Å². The van der Waals surface area contributed by atoms with Gasteiger partial charge in [0.2, 0.25) is 0 Å². The second kappa shape index (κ2) is 6.83. The molecule has 0 aliphatic heterocycles. The maximum atomic E-state index is 12.1. The van der Waals surface area contributed by atoms with E-state index in [2.05, 4.69) is 15.5 Å². The van der Waals surface area contributed by atoms with Crippen molar-refractivity contribution < 1.29 is 13.9 Å². The van der Waals surface area contributed by atoms with Crippen molar-refractivity contribution in [1.82, 2.24) is 15.5 Å². The summed E-state index contributed by atoms with van der Waals surface area (Å²) in [6.45, 7) is 0.521. The van der Waals surface area contributed by atoms with Crippen molar-refractivity contribution in [2.75, 3.05) is 13.7 Å². The molecule has 2 heterocycles. The number of carbonyl (C=O) groups excluding carboxylic acids is 1. The van der Waals surface area contributed by atoms with Gasteiger partial charge in [0, 0.05) is 18.3 Å². The summed E-state index contributed by atoms with van der Waals surface area (Å²) in [5.74, 6) is 1.42. The van der Waals surface area contributed by atoms with E-state index in [-0.39, 0.29) is 11.7 Å². The maximum absolute atomic E-state index is 12.1. The van der Waals surface area contributed by atoms with Crippen LogP contribution < -0.4 is 10.1 Å². The highest BCUT2D eigenvalue weighted by molar-refractivity contribution is 5.92. The van der Waals surface area contributed by atoms with Crippen molar-refractivity contribution in [3.8, 4) is 17.1 Å². The monoisotopic (exact) mass is 311 g/mol. The van der Waals surface area contributed by atoms with E-state index < -0.39 is 0 Å². The van der Waals surface area contributed by atoms with Gasteiger partial charge in [-0.25, -0.2) is 0 Å². The molecule has 0 spiro atoms. The molecule has 3 rings (SSSR count). The molecule has 2 N–H and O–H groups in total. The Morgan fingerprint density at radius 3 is 3.04 bits per heavy atom. The molecule has 6 heteroatoms. The fourth-order valence-electron chi connectivity index (χ4n) is 2.21. The largest absolute Gasteiger partial charge is 0.497 e. The first-order chi connectivity index (χ1) is 11.3. The van der Waals surface area contributed by atoms with Gasteiger partial charge >= 0.3 is 0 Å². The summed E-state index contributed by atoms with van der Waals surface area (Å²) < 4.78 is 10.8. The number of carbonyl (C=O) groups is 1. The van der Waals surface area contributed by atoms with Crippen LogP contribution in [0.5, 0.6) is 5.75 Å². The number of ether oxygens (including phenoxy) is 1. The molecule has 0 saturated heterocycles. The first kappa shape index (κ1) is 14.9. The molecule has 0 unspecified atom stereocenters. The average Bonchev–Trinajstić information content (AvgIpc) is 3.26. The molecule has 3 aromatic rings.